The summed E-state index contributed by atoms with van der Waals surface area (Å²) in [6, 6.07) is 24.1. The lowest BCUT2D eigenvalue weighted by Gasteiger charge is -2.12. The van der Waals surface area contributed by atoms with Crippen LogP contribution in [-0.2, 0) is 5.75 Å². The van der Waals surface area contributed by atoms with Crippen LogP contribution in [0.2, 0.25) is 0 Å². The summed E-state index contributed by atoms with van der Waals surface area (Å²) >= 11 is 1.57. The van der Waals surface area contributed by atoms with Crippen LogP contribution in [0.5, 0.6) is 0 Å². The number of aromatic nitrogens is 5. The van der Waals surface area contributed by atoms with Crippen molar-refractivity contribution in [1.29, 1.82) is 0 Å². The van der Waals surface area contributed by atoms with Gasteiger partial charge in [-0.3, -0.25) is 9.55 Å². The molecule has 0 atom stereocenters. The molecule has 5 aromatic rings. The Morgan fingerprint density at radius 1 is 0.871 bits per heavy atom. The van der Waals surface area contributed by atoms with Gasteiger partial charge in [-0.2, -0.15) is 0 Å². The van der Waals surface area contributed by atoms with E-state index in [2.05, 4.69) is 44.0 Å². The van der Waals surface area contributed by atoms with Crippen molar-refractivity contribution in [1.82, 2.24) is 24.9 Å². The predicted molar refractivity (Wildman–Crippen MR) is 121 cm³/mol. The van der Waals surface area contributed by atoms with E-state index in [9.17, 15) is 0 Å². The van der Waals surface area contributed by atoms with E-state index < -0.39 is 0 Å². The highest BCUT2D eigenvalue weighted by Gasteiger charge is 2.18. The summed E-state index contributed by atoms with van der Waals surface area (Å²) in [6.45, 7) is 2.09. The van der Waals surface area contributed by atoms with Gasteiger partial charge in [0, 0.05) is 29.6 Å². The molecule has 6 nitrogen and oxygen atoms in total. The molecule has 0 spiro atoms. The largest absolute Gasteiger partial charge is 0.360 e. The van der Waals surface area contributed by atoms with Crippen LogP contribution in [0.3, 0.4) is 0 Å². The quantitative estimate of drug-likeness (QED) is 0.331. The maximum Gasteiger partial charge on any atom is 0.196 e. The zero-order valence-electron chi connectivity index (χ0n) is 16.8. The van der Waals surface area contributed by atoms with Crippen molar-refractivity contribution in [3.05, 3.63) is 96.5 Å². The molecule has 31 heavy (non-hydrogen) atoms. The van der Waals surface area contributed by atoms with E-state index in [1.165, 1.54) is 0 Å². The second-order valence-electron chi connectivity index (χ2n) is 7.00. The van der Waals surface area contributed by atoms with E-state index in [0.29, 0.717) is 5.75 Å². The third-order valence-corrected chi connectivity index (χ3v) is 5.85. The van der Waals surface area contributed by atoms with Crippen molar-refractivity contribution in [3.8, 4) is 28.3 Å². The monoisotopic (exact) mass is 425 g/mol. The van der Waals surface area contributed by atoms with Gasteiger partial charge in [-0.1, -0.05) is 65.4 Å². The summed E-state index contributed by atoms with van der Waals surface area (Å²) in [5, 5.41) is 14.0. The fraction of sp³-hybridized carbons (Fsp3) is 0.0833. The molecule has 0 saturated carbocycles. The van der Waals surface area contributed by atoms with Crippen LogP contribution in [0.1, 0.15) is 11.3 Å². The molecule has 0 amide bonds. The topological polar surface area (TPSA) is 69.6 Å². The molecule has 3 heterocycles. The summed E-state index contributed by atoms with van der Waals surface area (Å²) < 4.78 is 7.65. The lowest BCUT2D eigenvalue weighted by Crippen LogP contribution is -2.02. The van der Waals surface area contributed by atoms with Gasteiger partial charge < -0.3 is 4.52 Å². The summed E-state index contributed by atoms with van der Waals surface area (Å²) in [7, 11) is 0. The molecule has 0 fully saturated rings. The fourth-order valence-corrected chi connectivity index (χ4v) is 4.16. The number of aryl methyl sites for hydroxylation is 1. The Balaban J connectivity index is 1.47. The van der Waals surface area contributed by atoms with Gasteiger partial charge in [-0.25, -0.2) is 0 Å². The lowest BCUT2D eigenvalue weighted by atomic mass is 10.1. The molecule has 152 valence electrons. The molecule has 0 aliphatic rings. The highest BCUT2D eigenvalue weighted by molar-refractivity contribution is 7.98. The summed E-state index contributed by atoms with van der Waals surface area (Å²) in [5.41, 5.74) is 5.01. The van der Waals surface area contributed by atoms with Gasteiger partial charge in [0.25, 0.3) is 0 Å². The van der Waals surface area contributed by atoms with E-state index in [-0.39, 0.29) is 0 Å². The Labute approximate surface area is 184 Å². The number of hydrogen-bond donors (Lipinski definition) is 0. The molecular weight excluding hydrogens is 406 g/mol. The number of para-hydroxylation sites is 1. The Bertz CT molecular complexity index is 1300. The Morgan fingerprint density at radius 3 is 2.45 bits per heavy atom. The molecule has 2 aromatic carbocycles. The van der Waals surface area contributed by atoms with Gasteiger partial charge in [0.05, 0.1) is 11.4 Å². The lowest BCUT2D eigenvalue weighted by molar-refractivity contribution is 0.397. The van der Waals surface area contributed by atoms with E-state index >= 15 is 0 Å². The van der Waals surface area contributed by atoms with Crippen molar-refractivity contribution in [2.75, 3.05) is 0 Å². The Morgan fingerprint density at radius 2 is 1.65 bits per heavy atom. The number of benzene rings is 2. The first-order valence-corrected chi connectivity index (χ1v) is 10.8. The summed E-state index contributed by atoms with van der Waals surface area (Å²) in [6.07, 6.45) is 3.53. The van der Waals surface area contributed by atoms with Crippen molar-refractivity contribution in [2.24, 2.45) is 0 Å². The van der Waals surface area contributed by atoms with Crippen LogP contribution in [0.15, 0.2) is 94.9 Å². The number of nitrogens with zero attached hydrogens (tertiary/aromatic N) is 5. The van der Waals surface area contributed by atoms with Crippen LogP contribution >= 0.6 is 11.8 Å². The highest BCUT2D eigenvalue weighted by Crippen LogP contribution is 2.31. The van der Waals surface area contributed by atoms with Gasteiger partial charge in [0.15, 0.2) is 11.0 Å². The summed E-state index contributed by atoms with van der Waals surface area (Å²) in [5.74, 6) is 2.16. The molecular formula is C24H19N5OS. The van der Waals surface area contributed by atoms with E-state index in [1.54, 1.807) is 24.2 Å². The van der Waals surface area contributed by atoms with Crippen LogP contribution in [-0.4, -0.2) is 24.9 Å². The van der Waals surface area contributed by atoms with Crippen LogP contribution in [0.4, 0.5) is 0 Å². The predicted octanol–water partition coefficient (Wildman–Crippen LogP) is 5.59. The normalized spacial score (nSPS) is 11.0. The first-order valence-electron chi connectivity index (χ1n) is 9.85. The molecule has 0 radical (unpaired) electrons. The molecule has 0 N–H and O–H groups in total. The zero-order valence-corrected chi connectivity index (χ0v) is 17.7. The van der Waals surface area contributed by atoms with Crippen molar-refractivity contribution >= 4 is 11.8 Å². The maximum atomic E-state index is 5.56. The van der Waals surface area contributed by atoms with Gasteiger partial charge >= 0.3 is 0 Å². The number of hydrogen-bond acceptors (Lipinski definition) is 6. The maximum absolute atomic E-state index is 5.56. The Kier molecular flexibility index (Phi) is 5.33. The molecule has 0 aliphatic carbocycles. The number of pyridine rings is 1. The molecule has 0 aliphatic heterocycles. The Hall–Kier alpha value is -3.71. The minimum atomic E-state index is 0.597. The van der Waals surface area contributed by atoms with Crippen LogP contribution in [0.25, 0.3) is 28.3 Å². The number of thioether (sulfide) groups is 1. The highest BCUT2D eigenvalue weighted by atomic mass is 32.2. The molecule has 0 bridgehead atoms. The van der Waals surface area contributed by atoms with Crippen molar-refractivity contribution in [2.45, 2.75) is 17.8 Å². The van der Waals surface area contributed by atoms with Crippen LogP contribution in [0, 0.1) is 6.92 Å². The van der Waals surface area contributed by atoms with E-state index in [4.69, 9.17) is 4.52 Å². The second kappa shape index (κ2) is 8.57. The van der Waals surface area contributed by atoms with Gasteiger partial charge in [0.1, 0.15) is 11.5 Å². The molecule has 5 rings (SSSR count). The smallest absolute Gasteiger partial charge is 0.196 e. The van der Waals surface area contributed by atoms with Crippen molar-refractivity contribution < 1.29 is 4.52 Å². The average molecular weight is 426 g/mol. The third kappa shape index (κ3) is 4.00. The summed E-state index contributed by atoms with van der Waals surface area (Å²) in [4.78, 5) is 4.12. The van der Waals surface area contributed by atoms with E-state index in [1.807, 2.05) is 60.7 Å². The van der Waals surface area contributed by atoms with Crippen LogP contribution < -0.4 is 0 Å². The fourth-order valence-electron chi connectivity index (χ4n) is 3.34. The molecule has 3 aromatic heterocycles. The second-order valence-corrected chi connectivity index (χ2v) is 7.94. The van der Waals surface area contributed by atoms with Gasteiger partial charge in [-0.05, 0) is 30.7 Å². The van der Waals surface area contributed by atoms with Crippen molar-refractivity contribution in [3.63, 3.8) is 0 Å². The van der Waals surface area contributed by atoms with E-state index in [0.717, 1.165) is 44.8 Å². The van der Waals surface area contributed by atoms with Gasteiger partial charge in [-0.15, -0.1) is 10.2 Å². The standard InChI is InChI=1S/C24H19N5OS/c1-17-7-5-6-10-22(17)29-23(19-11-13-25-14-12-19)26-27-24(29)31-16-20-15-21(28-30-20)18-8-3-2-4-9-18/h2-15H,16H2,1H3. The SMILES string of the molecule is Cc1ccccc1-n1c(SCc2cc(-c3ccccc3)no2)nnc1-c1ccncc1. The molecule has 7 heteroatoms. The first-order chi connectivity index (χ1) is 15.3. The first kappa shape index (κ1) is 19.3. The zero-order chi connectivity index (χ0) is 21.0. The average Bonchev–Trinajstić information content (AvgIpc) is 3.46. The molecule has 0 unspecified atom stereocenters. The number of rotatable bonds is 6. The minimum Gasteiger partial charge on any atom is -0.360 e. The van der Waals surface area contributed by atoms with Gasteiger partial charge in [0.2, 0.25) is 0 Å². The third-order valence-electron chi connectivity index (χ3n) is 4.90. The minimum absolute atomic E-state index is 0.597. The molecule has 0 saturated heterocycles.